The number of anilines is 2. The number of amides is 2. The summed E-state index contributed by atoms with van der Waals surface area (Å²) < 4.78 is 25.9. The Kier molecular flexibility index (Phi) is 7.01. The monoisotopic (exact) mass is 473 g/mol. The second-order valence-corrected chi connectivity index (χ2v) is 8.40. The Morgan fingerprint density at radius 3 is 2.65 bits per heavy atom. The highest BCUT2D eigenvalue weighted by Gasteiger charge is 2.33. The normalized spacial score (nSPS) is 19.4. The number of carbonyl (C=O) groups excluding carboxylic acids is 2. The zero-order valence-electron chi connectivity index (χ0n) is 19.2. The molecule has 2 aliphatic heterocycles. The van der Waals surface area contributed by atoms with Crippen LogP contribution in [0.25, 0.3) is 0 Å². The van der Waals surface area contributed by atoms with Crippen LogP contribution in [0, 0.1) is 5.82 Å². The number of nitrogens with zero attached hydrogens (tertiary/aromatic N) is 4. The van der Waals surface area contributed by atoms with Gasteiger partial charge in [0.2, 0.25) is 5.91 Å². The van der Waals surface area contributed by atoms with E-state index in [0.29, 0.717) is 42.5 Å². The van der Waals surface area contributed by atoms with Gasteiger partial charge in [-0.1, -0.05) is 5.16 Å². The predicted octanol–water partition coefficient (Wildman–Crippen LogP) is 2.40. The maximum absolute atomic E-state index is 15.0. The van der Waals surface area contributed by atoms with Crippen molar-refractivity contribution in [1.82, 2.24) is 10.2 Å². The third-order valence-corrected chi connectivity index (χ3v) is 5.96. The van der Waals surface area contributed by atoms with Crippen molar-refractivity contribution in [2.24, 2.45) is 5.16 Å². The van der Waals surface area contributed by atoms with Crippen molar-refractivity contribution in [1.29, 1.82) is 0 Å². The van der Waals surface area contributed by atoms with E-state index in [9.17, 15) is 14.0 Å². The van der Waals surface area contributed by atoms with Gasteiger partial charge >= 0.3 is 6.09 Å². The average molecular weight is 474 g/mol. The summed E-state index contributed by atoms with van der Waals surface area (Å²) in [6.45, 7) is 6.89. The fourth-order valence-corrected chi connectivity index (χ4v) is 4.09. The Hall–Kier alpha value is -3.60. The number of nitrogens with one attached hydrogen (secondary N) is 1. The molecule has 1 atom stereocenters. The number of ether oxygens (including phenoxy) is 1. The molecule has 0 radical (unpaired) electrons. The second-order valence-electron chi connectivity index (χ2n) is 8.40. The van der Waals surface area contributed by atoms with Gasteiger partial charge in [-0.3, -0.25) is 14.6 Å². The van der Waals surface area contributed by atoms with E-state index in [1.165, 1.54) is 17.9 Å². The van der Waals surface area contributed by atoms with E-state index in [4.69, 9.17) is 14.4 Å². The first-order valence-corrected chi connectivity index (χ1v) is 11.1. The van der Waals surface area contributed by atoms with Crippen LogP contribution in [0.5, 0.6) is 0 Å². The third-order valence-electron chi connectivity index (χ3n) is 5.96. The number of piperazine rings is 1. The molecule has 2 saturated heterocycles. The lowest BCUT2D eigenvalue weighted by Gasteiger charge is -2.36. The number of halogens is 1. The first-order chi connectivity index (χ1) is 16.3. The third kappa shape index (κ3) is 5.30. The Bertz CT molecular complexity index is 1080. The van der Waals surface area contributed by atoms with Crippen LogP contribution in [0.15, 0.2) is 39.9 Å². The number of carbonyl (C=O) groups is 2. The van der Waals surface area contributed by atoms with E-state index < -0.39 is 18.0 Å². The van der Waals surface area contributed by atoms with Crippen LogP contribution in [0.3, 0.4) is 0 Å². The largest absolute Gasteiger partial charge is 0.458 e. The van der Waals surface area contributed by atoms with Crippen LogP contribution in [-0.4, -0.2) is 73.2 Å². The lowest BCUT2D eigenvalue weighted by molar-refractivity contribution is -0.119. The molecule has 11 heteroatoms. The molecule has 182 valence electrons. The molecule has 3 heterocycles. The first-order valence-electron chi connectivity index (χ1n) is 11.1. The minimum Gasteiger partial charge on any atom is -0.458 e. The summed E-state index contributed by atoms with van der Waals surface area (Å²) >= 11 is 0. The molecule has 2 N–H and O–H groups in total. The summed E-state index contributed by atoms with van der Waals surface area (Å²) in [4.78, 5) is 28.8. The van der Waals surface area contributed by atoms with Gasteiger partial charge in [-0.2, -0.15) is 0 Å². The Balaban J connectivity index is 1.33. The molecule has 1 aromatic carbocycles. The molecular weight excluding hydrogens is 445 g/mol. The first kappa shape index (κ1) is 23.6. The molecule has 4 rings (SSSR count). The number of hydrogen-bond donors (Lipinski definition) is 2. The zero-order chi connectivity index (χ0) is 24.2. The van der Waals surface area contributed by atoms with Crippen LogP contribution in [0.2, 0.25) is 0 Å². The van der Waals surface area contributed by atoms with Crippen LogP contribution >= 0.6 is 0 Å². The molecule has 0 saturated carbocycles. The van der Waals surface area contributed by atoms with Gasteiger partial charge in [-0.05, 0) is 37.3 Å². The Morgan fingerprint density at radius 1 is 1.21 bits per heavy atom. The number of oxime groups is 1. The molecule has 0 aliphatic carbocycles. The van der Waals surface area contributed by atoms with E-state index in [-0.39, 0.29) is 19.0 Å². The van der Waals surface area contributed by atoms with Crippen LogP contribution in [-0.2, 0) is 16.1 Å². The molecule has 34 heavy (non-hydrogen) atoms. The Morgan fingerprint density at radius 2 is 1.97 bits per heavy atom. The summed E-state index contributed by atoms with van der Waals surface area (Å²) in [7, 11) is 0. The van der Waals surface area contributed by atoms with Gasteiger partial charge in [0.05, 0.1) is 31.0 Å². The number of rotatable bonds is 7. The molecule has 0 spiro atoms. The Labute approximate surface area is 196 Å². The van der Waals surface area contributed by atoms with E-state index in [1.807, 2.05) is 11.0 Å². The van der Waals surface area contributed by atoms with Crippen molar-refractivity contribution in [3.8, 4) is 0 Å². The molecule has 0 bridgehead atoms. The van der Waals surface area contributed by atoms with E-state index in [2.05, 4.69) is 15.4 Å². The second kappa shape index (κ2) is 10.1. The van der Waals surface area contributed by atoms with Gasteiger partial charge in [0.1, 0.15) is 23.4 Å². The lowest BCUT2D eigenvalue weighted by Crippen LogP contribution is -2.46. The summed E-state index contributed by atoms with van der Waals surface area (Å²) in [6.07, 6.45) is -1.03. The number of cyclic esters (lactones) is 1. The number of benzene rings is 1. The van der Waals surface area contributed by atoms with Gasteiger partial charge in [0.15, 0.2) is 5.76 Å². The summed E-state index contributed by atoms with van der Waals surface area (Å²) in [5.41, 5.74) is 1.33. The van der Waals surface area contributed by atoms with Gasteiger partial charge < -0.3 is 24.6 Å². The number of hydrogen-bond acceptors (Lipinski definition) is 8. The van der Waals surface area contributed by atoms with Crippen molar-refractivity contribution in [2.75, 3.05) is 49.1 Å². The molecule has 2 fully saturated rings. The lowest BCUT2D eigenvalue weighted by atomic mass is 10.2. The molecule has 10 nitrogen and oxygen atoms in total. The van der Waals surface area contributed by atoms with Gasteiger partial charge in [-0.25, -0.2) is 9.18 Å². The van der Waals surface area contributed by atoms with Crippen molar-refractivity contribution in [2.45, 2.75) is 26.5 Å². The van der Waals surface area contributed by atoms with Crippen LogP contribution in [0.1, 0.15) is 25.4 Å². The molecule has 2 aromatic rings. The van der Waals surface area contributed by atoms with Crippen LogP contribution in [0.4, 0.5) is 20.6 Å². The number of furan rings is 1. The molecule has 1 aromatic heterocycles. The van der Waals surface area contributed by atoms with Gasteiger partial charge in [0, 0.05) is 33.1 Å². The van der Waals surface area contributed by atoms with Gasteiger partial charge in [-0.15, -0.1) is 0 Å². The zero-order valence-corrected chi connectivity index (χ0v) is 19.2. The fourth-order valence-electron chi connectivity index (χ4n) is 4.09. The smallest absolute Gasteiger partial charge is 0.414 e. The van der Waals surface area contributed by atoms with Crippen molar-refractivity contribution < 1.29 is 28.3 Å². The summed E-state index contributed by atoms with van der Waals surface area (Å²) in [5.74, 6) is 0.696. The van der Waals surface area contributed by atoms with Gasteiger partial charge in [0.25, 0.3) is 0 Å². The fraction of sp³-hybridized carbons (Fsp3) is 0.435. The maximum Gasteiger partial charge on any atom is 0.414 e. The maximum atomic E-state index is 15.0. The minimum atomic E-state index is -0.558. The molecule has 2 aliphatic rings. The predicted molar refractivity (Wildman–Crippen MR) is 123 cm³/mol. The average Bonchev–Trinajstić information content (AvgIpc) is 3.44. The van der Waals surface area contributed by atoms with Crippen LogP contribution < -0.4 is 15.1 Å². The quantitative estimate of drug-likeness (QED) is 0.361. The summed E-state index contributed by atoms with van der Waals surface area (Å²) in [6, 6.07) is 8.38. The molecule has 0 unspecified atom stereocenters. The highest BCUT2D eigenvalue weighted by molar-refractivity contribution is 5.95. The van der Waals surface area contributed by atoms with E-state index >= 15 is 0 Å². The van der Waals surface area contributed by atoms with Crippen molar-refractivity contribution in [3.05, 3.63) is 47.7 Å². The highest BCUT2D eigenvalue weighted by Crippen LogP contribution is 2.28. The molecule has 2 amide bonds. The molecular formula is C23H28FN5O5. The summed E-state index contributed by atoms with van der Waals surface area (Å²) in [5, 5.41) is 14.6. The standard InChI is InChI=1S/C23H28FN5O5/c1-15(26-32)22-6-4-18(33-22)13-27-7-9-28(10-8-27)21-5-3-17(11-20(21)24)29-14-19(34-23(29)31)12-25-16(2)30/h3-6,11,19,32H,7-10,12-14H2,1-2H3,(H,25,30)/b26-15-/t19-/m0/s1. The van der Waals surface area contributed by atoms with E-state index in [1.54, 1.807) is 25.1 Å². The topological polar surface area (TPSA) is 111 Å². The van der Waals surface area contributed by atoms with Crippen molar-refractivity contribution in [3.63, 3.8) is 0 Å². The van der Waals surface area contributed by atoms with E-state index in [0.717, 1.165) is 18.8 Å². The minimum absolute atomic E-state index is 0.204. The SMILES string of the molecule is CC(=O)NC[C@H]1CN(c2ccc(N3CCN(Cc4ccc(/C(C)=N\O)o4)CC3)c(F)c2)C(=O)O1. The highest BCUT2D eigenvalue weighted by atomic mass is 19.1. The van der Waals surface area contributed by atoms with Crippen molar-refractivity contribution >= 4 is 29.1 Å².